The predicted octanol–water partition coefficient (Wildman–Crippen LogP) is 1.30. The summed E-state index contributed by atoms with van der Waals surface area (Å²) in [5.41, 5.74) is 6.55. The molecule has 25 heavy (non-hydrogen) atoms. The Kier molecular flexibility index (Phi) is 5.48. The van der Waals surface area contributed by atoms with Crippen molar-refractivity contribution in [3.63, 3.8) is 0 Å². The number of benzene rings is 1. The maximum absolute atomic E-state index is 12.5. The number of hydrogen-bond acceptors (Lipinski definition) is 5. The van der Waals surface area contributed by atoms with Crippen LogP contribution in [0.3, 0.4) is 0 Å². The third kappa shape index (κ3) is 4.58. The second-order valence-corrected chi connectivity index (χ2v) is 7.78. The van der Waals surface area contributed by atoms with E-state index in [9.17, 15) is 13.2 Å². The van der Waals surface area contributed by atoms with Gasteiger partial charge in [0.25, 0.3) is 10.0 Å². The summed E-state index contributed by atoms with van der Waals surface area (Å²) >= 11 is 0. The minimum atomic E-state index is -3.80. The standard InChI is InChI=1S/C16H22N4O4S/c1-10(2)15-18-14(9-20(15)3)25(23,24)19-12-6-4-11(5-7-12)8-13(17)16(21)22/h4-7,9-10,13,19H,8,17H2,1-3H3,(H,21,22)/t13-/m0/s1. The van der Waals surface area contributed by atoms with Crippen molar-refractivity contribution >= 4 is 21.7 Å². The quantitative estimate of drug-likeness (QED) is 0.678. The number of aromatic nitrogens is 2. The van der Waals surface area contributed by atoms with Crippen LogP contribution in [0.5, 0.6) is 0 Å². The lowest BCUT2D eigenvalue weighted by atomic mass is 10.1. The predicted molar refractivity (Wildman–Crippen MR) is 93.9 cm³/mol. The van der Waals surface area contributed by atoms with E-state index in [0.717, 1.165) is 0 Å². The van der Waals surface area contributed by atoms with Crippen LogP contribution in [0.25, 0.3) is 0 Å². The van der Waals surface area contributed by atoms with Crippen LogP contribution in [0.15, 0.2) is 35.5 Å². The lowest BCUT2D eigenvalue weighted by Gasteiger charge is -2.09. The normalized spacial score (nSPS) is 13.0. The molecule has 0 saturated heterocycles. The molecule has 1 heterocycles. The topological polar surface area (TPSA) is 127 Å². The zero-order valence-corrected chi connectivity index (χ0v) is 15.1. The second kappa shape index (κ2) is 7.24. The van der Waals surface area contributed by atoms with Crippen LogP contribution in [0.2, 0.25) is 0 Å². The minimum absolute atomic E-state index is 0.0457. The molecule has 1 atom stereocenters. The largest absolute Gasteiger partial charge is 0.480 e. The zero-order chi connectivity index (χ0) is 18.8. The number of nitrogens with two attached hydrogens (primary N) is 1. The molecule has 0 unspecified atom stereocenters. The van der Waals surface area contributed by atoms with Gasteiger partial charge in [0, 0.05) is 24.8 Å². The molecule has 0 fully saturated rings. The third-order valence-corrected chi connectivity index (χ3v) is 4.91. The molecular weight excluding hydrogens is 344 g/mol. The maximum atomic E-state index is 12.5. The van der Waals surface area contributed by atoms with Gasteiger partial charge >= 0.3 is 5.97 Å². The molecule has 0 aliphatic heterocycles. The highest BCUT2D eigenvalue weighted by Gasteiger charge is 2.21. The fourth-order valence-electron chi connectivity index (χ4n) is 2.38. The van der Waals surface area contributed by atoms with Gasteiger partial charge in [0.05, 0.1) is 0 Å². The van der Waals surface area contributed by atoms with Crippen LogP contribution in [-0.2, 0) is 28.3 Å². The number of carbonyl (C=O) groups is 1. The Morgan fingerprint density at radius 3 is 2.40 bits per heavy atom. The molecule has 1 aromatic carbocycles. The molecule has 0 aliphatic rings. The van der Waals surface area contributed by atoms with E-state index in [1.807, 2.05) is 13.8 Å². The van der Waals surface area contributed by atoms with Crippen LogP contribution in [0.4, 0.5) is 5.69 Å². The van der Waals surface area contributed by atoms with E-state index in [1.165, 1.54) is 6.20 Å². The number of carboxylic acid groups (broad SMARTS) is 1. The summed E-state index contributed by atoms with van der Waals surface area (Å²) in [5.74, 6) is -0.300. The van der Waals surface area contributed by atoms with Crippen molar-refractivity contribution in [1.82, 2.24) is 9.55 Å². The first-order valence-electron chi connectivity index (χ1n) is 7.73. The first-order chi connectivity index (χ1) is 11.6. The van der Waals surface area contributed by atoms with Crippen LogP contribution >= 0.6 is 0 Å². The highest BCUT2D eigenvalue weighted by atomic mass is 32.2. The molecule has 136 valence electrons. The number of rotatable bonds is 7. The number of aliphatic carboxylic acids is 1. The summed E-state index contributed by atoms with van der Waals surface area (Å²) < 4.78 is 29.1. The molecule has 0 aliphatic carbocycles. The highest BCUT2D eigenvalue weighted by Crippen LogP contribution is 2.19. The average molecular weight is 366 g/mol. The molecule has 2 aromatic rings. The lowest BCUT2D eigenvalue weighted by Crippen LogP contribution is -2.32. The zero-order valence-electron chi connectivity index (χ0n) is 14.3. The third-order valence-electron chi connectivity index (χ3n) is 3.66. The van der Waals surface area contributed by atoms with Crippen molar-refractivity contribution in [2.45, 2.75) is 37.3 Å². The van der Waals surface area contributed by atoms with Crippen molar-refractivity contribution in [3.8, 4) is 0 Å². The van der Waals surface area contributed by atoms with Gasteiger partial charge in [0.2, 0.25) is 0 Å². The monoisotopic (exact) mass is 366 g/mol. The Labute approximate surface area is 146 Å². The highest BCUT2D eigenvalue weighted by molar-refractivity contribution is 7.92. The second-order valence-electron chi connectivity index (χ2n) is 6.15. The van der Waals surface area contributed by atoms with Crippen LogP contribution in [0, 0.1) is 0 Å². The number of imidazole rings is 1. The van der Waals surface area contributed by atoms with E-state index in [1.54, 1.807) is 35.9 Å². The summed E-state index contributed by atoms with van der Waals surface area (Å²) in [5, 5.41) is 8.77. The molecule has 2 rings (SSSR count). The van der Waals surface area contributed by atoms with E-state index in [0.29, 0.717) is 17.1 Å². The van der Waals surface area contributed by atoms with E-state index in [2.05, 4.69) is 9.71 Å². The Hall–Kier alpha value is -2.39. The number of nitrogens with zero attached hydrogens (tertiary/aromatic N) is 2. The molecule has 0 bridgehead atoms. The van der Waals surface area contributed by atoms with Gasteiger partial charge in [0.1, 0.15) is 11.9 Å². The molecule has 0 saturated carbocycles. The fourth-order valence-corrected chi connectivity index (χ4v) is 3.44. The molecule has 0 amide bonds. The molecule has 0 radical (unpaired) electrons. The number of aryl methyl sites for hydroxylation is 1. The van der Waals surface area contributed by atoms with Gasteiger partial charge < -0.3 is 15.4 Å². The Balaban J connectivity index is 2.15. The van der Waals surface area contributed by atoms with E-state index < -0.39 is 22.0 Å². The van der Waals surface area contributed by atoms with E-state index in [4.69, 9.17) is 10.8 Å². The van der Waals surface area contributed by atoms with Crippen LogP contribution in [-0.4, -0.2) is 35.1 Å². The summed E-state index contributed by atoms with van der Waals surface area (Å²) in [4.78, 5) is 15.0. The molecule has 9 heteroatoms. The Bertz CT molecular complexity index is 857. The van der Waals surface area contributed by atoms with E-state index >= 15 is 0 Å². The van der Waals surface area contributed by atoms with Crippen LogP contribution in [0.1, 0.15) is 31.2 Å². The van der Waals surface area contributed by atoms with Gasteiger partial charge in [-0.05, 0) is 24.1 Å². The summed E-state index contributed by atoms with van der Waals surface area (Å²) in [6.07, 6.45) is 1.64. The average Bonchev–Trinajstić information content (AvgIpc) is 2.92. The van der Waals surface area contributed by atoms with Crippen molar-refractivity contribution in [2.24, 2.45) is 12.8 Å². The molecule has 1 aromatic heterocycles. The first-order valence-corrected chi connectivity index (χ1v) is 9.22. The van der Waals surface area contributed by atoms with Crippen molar-refractivity contribution < 1.29 is 18.3 Å². The number of anilines is 1. The van der Waals surface area contributed by atoms with Gasteiger partial charge in [-0.3, -0.25) is 9.52 Å². The molecule has 0 spiro atoms. The lowest BCUT2D eigenvalue weighted by molar-refractivity contribution is -0.138. The summed E-state index contributed by atoms with van der Waals surface area (Å²) in [6, 6.07) is 5.41. The SMILES string of the molecule is CC(C)c1nc(S(=O)(=O)Nc2ccc(C[C@H](N)C(=O)O)cc2)cn1C. The van der Waals surface area contributed by atoms with Gasteiger partial charge in [-0.2, -0.15) is 8.42 Å². The van der Waals surface area contributed by atoms with Gasteiger partial charge in [0.15, 0.2) is 5.03 Å². The van der Waals surface area contributed by atoms with Crippen molar-refractivity contribution in [1.29, 1.82) is 0 Å². The maximum Gasteiger partial charge on any atom is 0.320 e. The Morgan fingerprint density at radius 2 is 1.92 bits per heavy atom. The number of nitrogens with one attached hydrogen (secondary N) is 1. The number of sulfonamides is 1. The Morgan fingerprint density at radius 1 is 1.32 bits per heavy atom. The molecule has 8 nitrogen and oxygen atoms in total. The number of carboxylic acids is 1. The summed E-state index contributed by atoms with van der Waals surface area (Å²) in [6.45, 7) is 3.87. The summed E-state index contributed by atoms with van der Waals surface area (Å²) in [7, 11) is -2.05. The van der Waals surface area contributed by atoms with E-state index in [-0.39, 0.29) is 17.4 Å². The van der Waals surface area contributed by atoms with Crippen LogP contribution < -0.4 is 10.5 Å². The smallest absolute Gasteiger partial charge is 0.320 e. The first kappa shape index (κ1) is 18.9. The van der Waals surface area contributed by atoms with Crippen molar-refractivity contribution in [2.75, 3.05) is 4.72 Å². The van der Waals surface area contributed by atoms with Gasteiger partial charge in [-0.15, -0.1) is 0 Å². The molecule has 4 N–H and O–H groups in total. The molecular formula is C16H22N4O4S. The van der Waals surface area contributed by atoms with Gasteiger partial charge in [-0.1, -0.05) is 26.0 Å². The van der Waals surface area contributed by atoms with Gasteiger partial charge in [-0.25, -0.2) is 4.98 Å². The minimum Gasteiger partial charge on any atom is -0.480 e. The van der Waals surface area contributed by atoms with Crippen molar-refractivity contribution in [3.05, 3.63) is 41.9 Å². The number of hydrogen-bond donors (Lipinski definition) is 3. The fraction of sp³-hybridized carbons (Fsp3) is 0.375.